The van der Waals surface area contributed by atoms with Crippen molar-refractivity contribution in [3.05, 3.63) is 59.7 Å². The fourth-order valence-electron chi connectivity index (χ4n) is 3.07. The largest absolute Gasteiger partial charge is 0.332 e. The molecule has 1 atom stereocenters. The molecule has 144 valence electrons. The zero-order valence-electron chi connectivity index (χ0n) is 15.9. The van der Waals surface area contributed by atoms with Gasteiger partial charge in [-0.15, -0.1) is 0 Å². The summed E-state index contributed by atoms with van der Waals surface area (Å²) in [5.74, 6) is -1.07. The molecule has 1 aliphatic heterocycles. The van der Waals surface area contributed by atoms with Gasteiger partial charge in [-0.1, -0.05) is 29.8 Å². The van der Waals surface area contributed by atoms with Crippen LogP contribution in [0.5, 0.6) is 0 Å². The highest BCUT2D eigenvalue weighted by Gasteiger charge is 2.44. The van der Waals surface area contributed by atoms with Crippen LogP contribution in [0.15, 0.2) is 48.5 Å². The Kier molecular flexibility index (Phi) is 5.26. The third-order valence-corrected chi connectivity index (χ3v) is 4.61. The number of ketones is 1. The molecule has 7 heteroatoms. The van der Waals surface area contributed by atoms with Crippen molar-refractivity contribution in [2.24, 2.45) is 0 Å². The van der Waals surface area contributed by atoms with E-state index in [1.807, 2.05) is 19.1 Å². The van der Waals surface area contributed by atoms with Crippen molar-refractivity contribution in [1.82, 2.24) is 4.90 Å². The monoisotopic (exact) mass is 379 g/mol. The number of rotatable bonds is 5. The van der Waals surface area contributed by atoms with Gasteiger partial charge in [-0.3, -0.25) is 24.2 Å². The van der Waals surface area contributed by atoms with E-state index in [-0.39, 0.29) is 5.78 Å². The third-order valence-electron chi connectivity index (χ3n) is 4.61. The van der Waals surface area contributed by atoms with Gasteiger partial charge in [0.1, 0.15) is 12.6 Å². The molecule has 1 N–H and O–H groups in total. The van der Waals surface area contributed by atoms with E-state index < -0.39 is 30.4 Å². The second kappa shape index (κ2) is 7.64. The third kappa shape index (κ3) is 3.78. The highest BCUT2D eigenvalue weighted by molar-refractivity contribution is 6.16. The van der Waals surface area contributed by atoms with Gasteiger partial charge in [0, 0.05) is 16.9 Å². The number of aryl methyl sites for hydroxylation is 1. The summed E-state index contributed by atoms with van der Waals surface area (Å²) in [5.41, 5.74) is 2.54. The van der Waals surface area contributed by atoms with Crippen molar-refractivity contribution in [2.45, 2.75) is 26.8 Å². The van der Waals surface area contributed by atoms with Gasteiger partial charge in [-0.2, -0.15) is 0 Å². The number of anilines is 2. The highest BCUT2D eigenvalue weighted by atomic mass is 16.2. The number of nitrogens with one attached hydrogen (secondary N) is 1. The lowest BCUT2D eigenvalue weighted by atomic mass is 10.1. The smallest absolute Gasteiger partial charge is 0.325 e. The molecule has 0 spiro atoms. The fourth-order valence-corrected chi connectivity index (χ4v) is 3.07. The van der Waals surface area contributed by atoms with Gasteiger partial charge in [0.2, 0.25) is 5.91 Å². The topological polar surface area (TPSA) is 86.8 Å². The molecule has 2 aromatic rings. The summed E-state index contributed by atoms with van der Waals surface area (Å²) in [7, 11) is 0. The van der Waals surface area contributed by atoms with Crippen molar-refractivity contribution in [3.63, 3.8) is 0 Å². The molecule has 4 amide bonds. The highest BCUT2D eigenvalue weighted by Crippen LogP contribution is 2.26. The summed E-state index contributed by atoms with van der Waals surface area (Å²) in [5, 5.41) is 2.63. The summed E-state index contributed by atoms with van der Waals surface area (Å²) >= 11 is 0. The average Bonchev–Trinajstić information content (AvgIpc) is 2.86. The number of carbonyl (C=O) groups is 4. The lowest BCUT2D eigenvalue weighted by Crippen LogP contribution is -2.39. The second-order valence-corrected chi connectivity index (χ2v) is 6.77. The molecule has 1 aliphatic rings. The number of hydrogen-bond donors (Lipinski definition) is 1. The summed E-state index contributed by atoms with van der Waals surface area (Å²) < 4.78 is 0. The van der Waals surface area contributed by atoms with Crippen LogP contribution in [0.2, 0.25) is 0 Å². The van der Waals surface area contributed by atoms with Crippen LogP contribution in [0.3, 0.4) is 0 Å². The number of urea groups is 1. The summed E-state index contributed by atoms with van der Waals surface area (Å²) in [6, 6.07) is 12.5. The number of amides is 4. The fraction of sp³-hybridized carbons (Fsp3) is 0.238. The van der Waals surface area contributed by atoms with E-state index >= 15 is 0 Å². The Hall–Kier alpha value is -3.48. The minimum Gasteiger partial charge on any atom is -0.325 e. The molecule has 0 saturated carbocycles. The molecule has 2 aromatic carbocycles. The molecule has 7 nitrogen and oxygen atoms in total. The predicted molar refractivity (Wildman–Crippen MR) is 105 cm³/mol. The molecular formula is C21H21N3O4. The van der Waals surface area contributed by atoms with Crippen LogP contribution < -0.4 is 10.2 Å². The van der Waals surface area contributed by atoms with Crippen LogP contribution in [-0.2, 0) is 9.59 Å². The molecule has 0 aromatic heterocycles. The molecule has 3 rings (SSSR count). The predicted octanol–water partition coefficient (Wildman–Crippen LogP) is 2.99. The van der Waals surface area contributed by atoms with Gasteiger partial charge < -0.3 is 5.32 Å². The van der Waals surface area contributed by atoms with Crippen LogP contribution in [-0.4, -0.2) is 41.1 Å². The normalized spacial score (nSPS) is 16.5. The van der Waals surface area contributed by atoms with E-state index in [0.29, 0.717) is 16.9 Å². The van der Waals surface area contributed by atoms with Gasteiger partial charge in [0.25, 0.3) is 5.91 Å². The van der Waals surface area contributed by atoms with E-state index in [2.05, 4.69) is 5.32 Å². The standard InChI is InChI=1S/C21H21N3O4/c1-13-7-9-18(10-8-13)24-14(2)20(27)23(21(24)28)12-19(26)22-17-6-4-5-16(11-17)15(3)25/h4-11,14H,12H2,1-3H3,(H,22,26)/t14-/m0/s1. The molecule has 0 unspecified atom stereocenters. The van der Waals surface area contributed by atoms with Gasteiger partial charge in [-0.05, 0) is 45.0 Å². The number of benzene rings is 2. The van der Waals surface area contributed by atoms with E-state index in [1.165, 1.54) is 11.8 Å². The van der Waals surface area contributed by atoms with E-state index in [9.17, 15) is 19.2 Å². The number of Topliss-reactive ketones (excluding diaryl/α,β-unsaturated/α-hetero) is 1. The molecule has 28 heavy (non-hydrogen) atoms. The minimum absolute atomic E-state index is 0.122. The Morgan fingerprint density at radius 3 is 2.39 bits per heavy atom. The maximum absolute atomic E-state index is 12.7. The lowest BCUT2D eigenvalue weighted by Gasteiger charge is -2.19. The first-order valence-electron chi connectivity index (χ1n) is 8.90. The Morgan fingerprint density at radius 1 is 1.07 bits per heavy atom. The molecule has 1 saturated heterocycles. The van der Waals surface area contributed by atoms with Crippen LogP contribution in [0.1, 0.15) is 29.8 Å². The number of carbonyl (C=O) groups excluding carboxylic acids is 4. The van der Waals surface area contributed by atoms with Crippen LogP contribution in [0.4, 0.5) is 16.2 Å². The average molecular weight is 379 g/mol. The first-order valence-corrected chi connectivity index (χ1v) is 8.90. The SMILES string of the molecule is CC(=O)c1cccc(NC(=O)CN2C(=O)[C@H](C)N(c3ccc(C)cc3)C2=O)c1. The Balaban J connectivity index is 1.73. The van der Waals surface area contributed by atoms with Crippen molar-refractivity contribution >= 4 is 35.0 Å². The quantitative estimate of drug-likeness (QED) is 0.639. The lowest BCUT2D eigenvalue weighted by molar-refractivity contribution is -0.130. The maximum Gasteiger partial charge on any atom is 0.332 e. The molecule has 0 radical (unpaired) electrons. The number of hydrogen-bond acceptors (Lipinski definition) is 4. The van der Waals surface area contributed by atoms with E-state index in [1.54, 1.807) is 43.3 Å². The first-order chi connectivity index (χ1) is 13.3. The molecule has 0 bridgehead atoms. The Labute approximate surface area is 162 Å². The molecule has 0 aliphatic carbocycles. The summed E-state index contributed by atoms with van der Waals surface area (Å²) in [6.07, 6.45) is 0. The Bertz CT molecular complexity index is 952. The van der Waals surface area contributed by atoms with Crippen LogP contribution >= 0.6 is 0 Å². The summed E-state index contributed by atoms with van der Waals surface area (Å²) in [4.78, 5) is 51.4. The summed E-state index contributed by atoms with van der Waals surface area (Å²) in [6.45, 7) is 4.61. The van der Waals surface area contributed by atoms with Crippen molar-refractivity contribution in [2.75, 3.05) is 16.8 Å². The first kappa shape index (κ1) is 19.3. The van der Waals surface area contributed by atoms with Crippen LogP contribution in [0.25, 0.3) is 0 Å². The maximum atomic E-state index is 12.7. The van der Waals surface area contributed by atoms with E-state index in [4.69, 9.17) is 0 Å². The minimum atomic E-state index is -0.691. The van der Waals surface area contributed by atoms with Crippen molar-refractivity contribution in [1.29, 1.82) is 0 Å². The van der Waals surface area contributed by atoms with Crippen molar-refractivity contribution < 1.29 is 19.2 Å². The number of imide groups is 1. The van der Waals surface area contributed by atoms with Gasteiger partial charge in [0.05, 0.1) is 0 Å². The zero-order chi connectivity index (χ0) is 20.4. The van der Waals surface area contributed by atoms with Crippen LogP contribution in [0, 0.1) is 6.92 Å². The van der Waals surface area contributed by atoms with Gasteiger partial charge in [0.15, 0.2) is 5.78 Å². The number of nitrogens with zero attached hydrogens (tertiary/aromatic N) is 2. The molecule has 1 fully saturated rings. The van der Waals surface area contributed by atoms with Gasteiger partial charge >= 0.3 is 6.03 Å². The molecule has 1 heterocycles. The van der Waals surface area contributed by atoms with E-state index in [0.717, 1.165) is 10.5 Å². The zero-order valence-corrected chi connectivity index (χ0v) is 15.9. The Morgan fingerprint density at radius 2 is 1.75 bits per heavy atom. The van der Waals surface area contributed by atoms with Gasteiger partial charge in [-0.25, -0.2) is 4.79 Å². The molecular weight excluding hydrogens is 358 g/mol. The van der Waals surface area contributed by atoms with Crippen molar-refractivity contribution in [3.8, 4) is 0 Å². The second-order valence-electron chi connectivity index (χ2n) is 6.77.